The lowest BCUT2D eigenvalue weighted by molar-refractivity contribution is 0.387. The molecule has 0 aliphatic heterocycles. The molecular formula is C8H5BrFN. The highest BCUT2D eigenvalue weighted by Gasteiger charge is 2.26. The fourth-order valence-corrected chi connectivity index (χ4v) is 0.976. The molecule has 0 amide bonds. The van der Waals surface area contributed by atoms with Crippen LogP contribution >= 0.6 is 15.9 Å². The number of nitriles is 1. The summed E-state index contributed by atoms with van der Waals surface area (Å²) < 4.78 is 11.1. The molecular weight excluding hydrogens is 209 g/mol. The van der Waals surface area contributed by atoms with E-state index in [9.17, 15) is 4.39 Å². The highest BCUT2D eigenvalue weighted by atomic mass is 79.9. The van der Waals surface area contributed by atoms with Crippen molar-refractivity contribution < 1.29 is 4.39 Å². The molecule has 0 radical (unpaired) electrons. The Morgan fingerprint density at radius 2 is 1.91 bits per heavy atom. The first kappa shape index (κ1) is 8.22. The summed E-state index contributed by atoms with van der Waals surface area (Å²) in [5.74, 6) is 0. The minimum atomic E-state index is -2.05. The molecule has 1 unspecified atom stereocenters. The molecule has 1 nitrogen and oxygen atoms in total. The van der Waals surface area contributed by atoms with Crippen LogP contribution in [-0.2, 0) is 4.58 Å². The fourth-order valence-electron chi connectivity index (χ4n) is 0.712. The third kappa shape index (κ3) is 1.78. The van der Waals surface area contributed by atoms with Gasteiger partial charge in [0.25, 0.3) is 4.58 Å². The zero-order valence-electron chi connectivity index (χ0n) is 5.59. The Bertz CT molecular complexity index is 276. The summed E-state index contributed by atoms with van der Waals surface area (Å²) in [4.78, 5) is 0. The van der Waals surface area contributed by atoms with Crippen LogP contribution in [0.2, 0.25) is 0 Å². The first-order valence-corrected chi connectivity index (χ1v) is 3.81. The maximum atomic E-state index is 13.1. The Hall–Kier alpha value is -0.880. The lowest BCUT2D eigenvalue weighted by Crippen LogP contribution is -2.06. The maximum Gasteiger partial charge on any atom is 0.274 e. The fraction of sp³-hybridized carbons (Fsp3) is 0.125. The van der Waals surface area contributed by atoms with Crippen molar-refractivity contribution in [3.8, 4) is 6.07 Å². The number of halogens is 2. The van der Waals surface area contributed by atoms with E-state index in [4.69, 9.17) is 5.26 Å². The van der Waals surface area contributed by atoms with Gasteiger partial charge >= 0.3 is 0 Å². The standard InChI is InChI=1S/C8H5BrFN/c9-8(10,6-11)7-4-2-1-3-5-7/h1-5H. The van der Waals surface area contributed by atoms with Crippen LogP contribution in [0.3, 0.4) is 0 Å². The molecule has 1 aromatic carbocycles. The van der Waals surface area contributed by atoms with Gasteiger partial charge in [0.2, 0.25) is 0 Å². The molecule has 0 bridgehead atoms. The quantitative estimate of drug-likeness (QED) is 0.659. The van der Waals surface area contributed by atoms with E-state index in [2.05, 4.69) is 15.9 Å². The Morgan fingerprint density at radius 3 is 2.36 bits per heavy atom. The highest BCUT2D eigenvalue weighted by molar-refractivity contribution is 9.09. The molecule has 0 aliphatic carbocycles. The van der Waals surface area contributed by atoms with Crippen molar-refractivity contribution in [3.05, 3.63) is 35.9 Å². The lowest BCUT2D eigenvalue weighted by Gasteiger charge is -2.07. The van der Waals surface area contributed by atoms with E-state index in [1.807, 2.05) is 0 Å². The van der Waals surface area contributed by atoms with Crippen LogP contribution in [0.5, 0.6) is 0 Å². The van der Waals surface area contributed by atoms with E-state index in [1.54, 1.807) is 30.3 Å². The normalized spacial score (nSPS) is 15.0. The molecule has 0 saturated carbocycles. The van der Waals surface area contributed by atoms with Crippen LogP contribution in [0.1, 0.15) is 5.56 Å². The molecule has 0 aromatic heterocycles. The molecule has 1 aromatic rings. The van der Waals surface area contributed by atoms with Crippen LogP contribution < -0.4 is 0 Å². The van der Waals surface area contributed by atoms with E-state index in [0.29, 0.717) is 5.56 Å². The van der Waals surface area contributed by atoms with Crippen molar-refractivity contribution in [1.82, 2.24) is 0 Å². The summed E-state index contributed by atoms with van der Waals surface area (Å²) in [6.45, 7) is 0. The third-order valence-electron chi connectivity index (χ3n) is 1.28. The Morgan fingerprint density at radius 1 is 1.36 bits per heavy atom. The van der Waals surface area contributed by atoms with Crippen LogP contribution in [0, 0.1) is 11.3 Å². The lowest BCUT2D eigenvalue weighted by atomic mass is 10.1. The molecule has 0 spiro atoms. The second kappa shape index (κ2) is 3.02. The van der Waals surface area contributed by atoms with Gasteiger partial charge in [0, 0.05) is 5.56 Å². The zero-order chi connectivity index (χ0) is 8.32. The summed E-state index contributed by atoms with van der Waals surface area (Å²) in [7, 11) is 0. The first-order chi connectivity index (χ1) is 5.17. The molecule has 0 N–H and O–H groups in total. The Kier molecular flexibility index (Phi) is 2.25. The number of alkyl halides is 2. The smallest absolute Gasteiger partial charge is 0.209 e. The van der Waals surface area contributed by atoms with Crippen LogP contribution in [0.25, 0.3) is 0 Å². The molecule has 0 heterocycles. The van der Waals surface area contributed by atoms with Gasteiger partial charge in [-0.2, -0.15) is 5.26 Å². The molecule has 3 heteroatoms. The Balaban J connectivity index is 3.05. The second-order valence-electron chi connectivity index (χ2n) is 2.05. The second-order valence-corrected chi connectivity index (χ2v) is 3.14. The van der Waals surface area contributed by atoms with Crippen molar-refractivity contribution in [2.45, 2.75) is 4.58 Å². The topological polar surface area (TPSA) is 23.8 Å². The van der Waals surface area contributed by atoms with E-state index >= 15 is 0 Å². The zero-order valence-corrected chi connectivity index (χ0v) is 7.18. The van der Waals surface area contributed by atoms with Crippen molar-refractivity contribution in [3.63, 3.8) is 0 Å². The maximum absolute atomic E-state index is 13.1. The van der Waals surface area contributed by atoms with Crippen molar-refractivity contribution in [2.24, 2.45) is 0 Å². The summed E-state index contributed by atoms with van der Waals surface area (Å²) in [6.07, 6.45) is 0. The van der Waals surface area contributed by atoms with Gasteiger partial charge in [-0.05, 0) is 15.9 Å². The van der Waals surface area contributed by atoms with Crippen molar-refractivity contribution in [2.75, 3.05) is 0 Å². The predicted molar refractivity (Wildman–Crippen MR) is 43.8 cm³/mol. The molecule has 1 atom stereocenters. The van der Waals surface area contributed by atoms with Crippen molar-refractivity contribution in [1.29, 1.82) is 5.26 Å². The van der Waals surface area contributed by atoms with Crippen LogP contribution in [0.4, 0.5) is 4.39 Å². The summed E-state index contributed by atoms with van der Waals surface area (Å²) in [5.41, 5.74) is 0.322. The predicted octanol–water partition coefficient (Wildman–Crippen LogP) is 2.73. The van der Waals surface area contributed by atoms with Gasteiger partial charge in [-0.1, -0.05) is 30.3 Å². The van der Waals surface area contributed by atoms with Gasteiger partial charge in [0.05, 0.1) is 0 Å². The van der Waals surface area contributed by atoms with E-state index in [1.165, 1.54) is 6.07 Å². The first-order valence-electron chi connectivity index (χ1n) is 3.01. The summed E-state index contributed by atoms with van der Waals surface area (Å²) in [6, 6.07) is 9.75. The largest absolute Gasteiger partial charge is 0.274 e. The number of hydrogen-bond acceptors (Lipinski definition) is 1. The molecule has 11 heavy (non-hydrogen) atoms. The molecule has 1 rings (SSSR count). The van der Waals surface area contributed by atoms with E-state index in [-0.39, 0.29) is 0 Å². The van der Waals surface area contributed by atoms with E-state index < -0.39 is 4.58 Å². The average Bonchev–Trinajstić information content (AvgIpc) is 2.06. The highest BCUT2D eigenvalue weighted by Crippen LogP contribution is 2.31. The van der Waals surface area contributed by atoms with Gasteiger partial charge in [-0.25, -0.2) is 4.39 Å². The number of nitrogens with zero attached hydrogens (tertiary/aromatic N) is 1. The number of rotatable bonds is 1. The molecule has 0 saturated heterocycles. The number of hydrogen-bond donors (Lipinski definition) is 0. The van der Waals surface area contributed by atoms with Crippen molar-refractivity contribution >= 4 is 15.9 Å². The summed E-state index contributed by atoms with van der Waals surface area (Å²) in [5, 5.41) is 8.38. The minimum absolute atomic E-state index is 0.322. The molecule has 56 valence electrons. The summed E-state index contributed by atoms with van der Waals surface area (Å²) >= 11 is 2.66. The van der Waals surface area contributed by atoms with Gasteiger partial charge in [0.15, 0.2) is 0 Å². The molecule has 0 fully saturated rings. The SMILES string of the molecule is N#CC(F)(Br)c1ccccc1. The van der Waals surface area contributed by atoms with Crippen LogP contribution in [0.15, 0.2) is 30.3 Å². The van der Waals surface area contributed by atoms with Gasteiger partial charge in [0.1, 0.15) is 6.07 Å². The number of benzene rings is 1. The van der Waals surface area contributed by atoms with Crippen LogP contribution in [-0.4, -0.2) is 0 Å². The van der Waals surface area contributed by atoms with Gasteiger partial charge in [-0.3, -0.25) is 0 Å². The van der Waals surface area contributed by atoms with Gasteiger partial charge < -0.3 is 0 Å². The van der Waals surface area contributed by atoms with Gasteiger partial charge in [-0.15, -0.1) is 0 Å². The average molecular weight is 214 g/mol. The third-order valence-corrected chi connectivity index (χ3v) is 1.91. The monoisotopic (exact) mass is 213 g/mol. The van der Waals surface area contributed by atoms with E-state index in [0.717, 1.165) is 0 Å². The molecule has 0 aliphatic rings. The Labute approximate surface area is 72.6 Å². The minimum Gasteiger partial charge on any atom is -0.209 e.